The Morgan fingerprint density at radius 3 is 2.27 bits per heavy atom. The van der Waals surface area contributed by atoms with Crippen molar-refractivity contribution in [3.63, 3.8) is 0 Å². The molecule has 0 fully saturated rings. The summed E-state index contributed by atoms with van der Waals surface area (Å²) in [6.45, 7) is 0. The van der Waals surface area contributed by atoms with Gasteiger partial charge in [-0.05, 0) is 24.3 Å². The molecular formula is C22H19N3O5. The van der Waals surface area contributed by atoms with Crippen LogP contribution >= 0.6 is 0 Å². The zero-order valence-electron chi connectivity index (χ0n) is 16.6. The van der Waals surface area contributed by atoms with Gasteiger partial charge in [-0.25, -0.2) is 0 Å². The number of carbonyl (C=O) groups is 1. The lowest BCUT2D eigenvalue weighted by Crippen LogP contribution is -2.10. The van der Waals surface area contributed by atoms with E-state index in [0.29, 0.717) is 50.8 Å². The molecule has 0 unspecified atom stereocenters. The van der Waals surface area contributed by atoms with Gasteiger partial charge < -0.3 is 24.4 Å². The number of hydrogen-bond acceptors (Lipinski definition) is 7. The fourth-order valence-corrected chi connectivity index (χ4v) is 3.32. The number of amides is 1. The van der Waals surface area contributed by atoms with E-state index in [9.17, 15) is 4.79 Å². The van der Waals surface area contributed by atoms with Crippen LogP contribution in [-0.4, -0.2) is 37.2 Å². The SMILES string of the molecule is COc1ccc(C(N)=O)cc1-c1cc2nccc(-c3c(OC)cncc3OC)c2o1. The molecule has 2 N–H and O–H groups in total. The molecule has 8 heteroatoms. The zero-order chi connectivity index (χ0) is 21.3. The molecule has 0 aliphatic heterocycles. The number of ether oxygens (including phenoxy) is 3. The van der Waals surface area contributed by atoms with Gasteiger partial charge >= 0.3 is 0 Å². The lowest BCUT2D eigenvalue weighted by atomic mass is 10.1. The van der Waals surface area contributed by atoms with Crippen LogP contribution in [0.1, 0.15) is 10.4 Å². The maximum absolute atomic E-state index is 11.6. The molecule has 0 bridgehead atoms. The van der Waals surface area contributed by atoms with Gasteiger partial charge in [0.15, 0.2) is 5.58 Å². The van der Waals surface area contributed by atoms with E-state index >= 15 is 0 Å². The monoisotopic (exact) mass is 405 g/mol. The number of hydrogen-bond donors (Lipinski definition) is 1. The minimum atomic E-state index is -0.542. The summed E-state index contributed by atoms with van der Waals surface area (Å²) in [7, 11) is 4.67. The number of methoxy groups -OCH3 is 3. The van der Waals surface area contributed by atoms with Gasteiger partial charge in [0.25, 0.3) is 0 Å². The third-order valence-electron chi connectivity index (χ3n) is 4.75. The van der Waals surface area contributed by atoms with E-state index in [1.165, 1.54) is 0 Å². The van der Waals surface area contributed by atoms with Crippen LogP contribution in [0.15, 0.2) is 53.3 Å². The summed E-state index contributed by atoms with van der Waals surface area (Å²) in [5.74, 6) is 1.55. The summed E-state index contributed by atoms with van der Waals surface area (Å²) in [6, 6.07) is 8.50. The average molecular weight is 405 g/mol. The van der Waals surface area contributed by atoms with Crippen molar-refractivity contribution in [1.82, 2.24) is 9.97 Å². The van der Waals surface area contributed by atoms with Gasteiger partial charge in [-0.3, -0.25) is 14.8 Å². The number of carbonyl (C=O) groups excluding carboxylic acids is 1. The maximum atomic E-state index is 11.6. The molecule has 4 rings (SSSR count). The number of furan rings is 1. The summed E-state index contributed by atoms with van der Waals surface area (Å²) in [5.41, 5.74) is 8.94. The molecule has 1 aromatic carbocycles. The first-order valence-electron chi connectivity index (χ1n) is 9.00. The second kappa shape index (κ2) is 7.75. The van der Waals surface area contributed by atoms with Crippen molar-refractivity contribution in [2.24, 2.45) is 5.73 Å². The molecule has 152 valence electrons. The lowest BCUT2D eigenvalue weighted by molar-refractivity contribution is 0.100. The number of pyridine rings is 2. The number of primary amides is 1. The molecule has 0 saturated heterocycles. The summed E-state index contributed by atoms with van der Waals surface area (Å²) in [6.07, 6.45) is 4.88. The van der Waals surface area contributed by atoms with Gasteiger partial charge in [0.2, 0.25) is 5.91 Å². The van der Waals surface area contributed by atoms with Crippen molar-refractivity contribution in [2.75, 3.05) is 21.3 Å². The third kappa shape index (κ3) is 3.18. The highest BCUT2D eigenvalue weighted by atomic mass is 16.5. The van der Waals surface area contributed by atoms with Gasteiger partial charge in [0, 0.05) is 23.4 Å². The van der Waals surface area contributed by atoms with Crippen molar-refractivity contribution in [2.45, 2.75) is 0 Å². The fraction of sp³-hybridized carbons (Fsp3) is 0.136. The average Bonchev–Trinajstić information content (AvgIpc) is 3.22. The van der Waals surface area contributed by atoms with Crippen LogP contribution < -0.4 is 19.9 Å². The number of benzene rings is 1. The highest BCUT2D eigenvalue weighted by molar-refractivity contribution is 5.97. The Balaban J connectivity index is 1.96. The van der Waals surface area contributed by atoms with Gasteiger partial charge in [-0.2, -0.15) is 0 Å². The van der Waals surface area contributed by atoms with Crippen molar-refractivity contribution < 1.29 is 23.4 Å². The van der Waals surface area contributed by atoms with Crippen LogP contribution in [0, 0.1) is 0 Å². The van der Waals surface area contributed by atoms with Gasteiger partial charge in [0.05, 0.1) is 44.8 Å². The van der Waals surface area contributed by atoms with Gasteiger partial charge in [-0.1, -0.05) is 0 Å². The number of rotatable bonds is 6. The molecule has 0 spiro atoms. The standard InChI is InChI=1S/C22H19N3O5/c1-27-16-5-4-12(22(23)26)8-14(16)17-9-15-21(30-17)13(6-7-25-15)20-18(28-2)10-24-11-19(20)29-3/h4-11H,1-3H3,(H2,23,26). The number of nitrogens with two attached hydrogens (primary N) is 1. The second-order valence-electron chi connectivity index (χ2n) is 6.38. The summed E-state index contributed by atoms with van der Waals surface area (Å²) >= 11 is 0. The number of nitrogens with zero attached hydrogens (tertiary/aromatic N) is 2. The van der Waals surface area contributed by atoms with Crippen molar-refractivity contribution in [3.05, 3.63) is 54.5 Å². The third-order valence-corrected chi connectivity index (χ3v) is 4.75. The van der Waals surface area contributed by atoms with E-state index in [-0.39, 0.29) is 0 Å². The Morgan fingerprint density at radius 1 is 0.933 bits per heavy atom. The zero-order valence-corrected chi connectivity index (χ0v) is 16.6. The van der Waals surface area contributed by atoms with E-state index in [0.717, 1.165) is 5.56 Å². The Morgan fingerprint density at radius 2 is 1.63 bits per heavy atom. The highest BCUT2D eigenvalue weighted by Gasteiger charge is 2.21. The minimum Gasteiger partial charge on any atom is -0.496 e. The Kier molecular flexibility index (Phi) is 4.97. The van der Waals surface area contributed by atoms with E-state index < -0.39 is 5.91 Å². The van der Waals surface area contributed by atoms with Crippen molar-refractivity contribution in [1.29, 1.82) is 0 Å². The highest BCUT2D eigenvalue weighted by Crippen LogP contribution is 2.43. The lowest BCUT2D eigenvalue weighted by Gasteiger charge is -2.12. The molecule has 0 saturated carbocycles. The predicted octanol–water partition coefficient (Wildman–Crippen LogP) is 3.68. The smallest absolute Gasteiger partial charge is 0.248 e. The first kappa shape index (κ1) is 19.3. The van der Waals surface area contributed by atoms with E-state index in [1.54, 1.807) is 64.2 Å². The number of aromatic nitrogens is 2. The summed E-state index contributed by atoms with van der Waals surface area (Å²) in [4.78, 5) is 20.2. The normalized spacial score (nSPS) is 10.8. The number of fused-ring (bicyclic) bond motifs is 1. The molecule has 1 amide bonds. The first-order chi connectivity index (χ1) is 14.6. The Bertz CT molecular complexity index is 1230. The van der Waals surface area contributed by atoms with Crippen LogP contribution in [0.4, 0.5) is 0 Å². The molecule has 4 aromatic rings. The molecule has 30 heavy (non-hydrogen) atoms. The minimum absolute atomic E-state index is 0.344. The summed E-state index contributed by atoms with van der Waals surface area (Å²) < 4.78 is 22.6. The predicted molar refractivity (Wildman–Crippen MR) is 111 cm³/mol. The molecule has 0 atom stereocenters. The van der Waals surface area contributed by atoms with Crippen LogP contribution in [0.2, 0.25) is 0 Å². The van der Waals surface area contributed by atoms with Crippen LogP contribution in [0.5, 0.6) is 17.2 Å². The molecule has 8 nitrogen and oxygen atoms in total. The molecule has 0 aliphatic rings. The molecule has 0 radical (unpaired) electrons. The molecular weight excluding hydrogens is 386 g/mol. The van der Waals surface area contributed by atoms with Gasteiger partial charge in [-0.15, -0.1) is 0 Å². The largest absolute Gasteiger partial charge is 0.496 e. The van der Waals surface area contributed by atoms with Crippen LogP contribution in [0.3, 0.4) is 0 Å². The Labute approximate surface area is 172 Å². The summed E-state index contributed by atoms with van der Waals surface area (Å²) in [5, 5.41) is 0. The van der Waals surface area contributed by atoms with E-state index in [1.807, 2.05) is 6.07 Å². The van der Waals surface area contributed by atoms with Crippen molar-refractivity contribution >= 4 is 17.0 Å². The van der Waals surface area contributed by atoms with E-state index in [2.05, 4.69) is 9.97 Å². The van der Waals surface area contributed by atoms with Crippen molar-refractivity contribution in [3.8, 4) is 39.7 Å². The first-order valence-corrected chi connectivity index (χ1v) is 9.00. The van der Waals surface area contributed by atoms with Crippen LogP contribution in [0.25, 0.3) is 33.6 Å². The fourth-order valence-electron chi connectivity index (χ4n) is 3.32. The topological polar surface area (TPSA) is 110 Å². The Hall–Kier alpha value is -4.07. The van der Waals surface area contributed by atoms with Gasteiger partial charge in [0.1, 0.15) is 28.5 Å². The maximum Gasteiger partial charge on any atom is 0.248 e. The second-order valence-corrected chi connectivity index (χ2v) is 6.38. The van der Waals surface area contributed by atoms with E-state index in [4.69, 9.17) is 24.4 Å². The molecule has 3 aromatic heterocycles. The molecule has 3 heterocycles. The quantitative estimate of drug-likeness (QED) is 0.521. The van der Waals surface area contributed by atoms with Crippen LogP contribution in [-0.2, 0) is 0 Å². The molecule has 0 aliphatic carbocycles.